The molecular formula is C54H43N7OPt-2. The number of imidazole rings is 1. The minimum absolute atomic E-state index is 0. The van der Waals surface area contributed by atoms with Crippen LogP contribution in [0.15, 0.2) is 164 Å². The Balaban J connectivity index is 0.00000611. The molecule has 0 amide bonds. The second-order valence-electron chi connectivity index (χ2n) is 15.2. The zero-order chi connectivity index (χ0) is 50.3. The summed E-state index contributed by atoms with van der Waals surface area (Å²) in [4.78, 5) is 13.9. The standard InChI is InChI=1S/C54H43N7O.Pt/c1-57(2)48-24-15-25-49-54(48)60(53-43(38-16-6-3-7-17-38)21-14-22-44(53)39-18-8-4-9-19-39)37-59(49)51-36-42(29-31-55-51)62-41-26-27-46-45-20-10-11-23-47(45)61(50(46)35-41)52-34-40(28-30-56-52)58-32-12-5-13-33-58;/h3-4,6-11,14-31,34H,5,12-13,32-33H2,1-2H3;/q-2;/i3D,4D,6D,7D,8D,9D,16D,17D,18D,19D;. The topological polar surface area (TPSA) is 55.2 Å². The van der Waals surface area contributed by atoms with Crippen molar-refractivity contribution in [3.8, 4) is 51.1 Å². The molecule has 63 heavy (non-hydrogen) atoms. The maximum atomic E-state index is 9.09. The summed E-state index contributed by atoms with van der Waals surface area (Å²) >= 11 is 0. The molecule has 312 valence electrons. The van der Waals surface area contributed by atoms with Crippen LogP contribution in [0, 0.1) is 18.5 Å². The second-order valence-corrected chi connectivity index (χ2v) is 15.2. The quantitative estimate of drug-likeness (QED) is 0.107. The summed E-state index contributed by atoms with van der Waals surface area (Å²) in [6, 6.07) is 29.7. The number of para-hydroxylation sites is 3. The zero-order valence-electron chi connectivity index (χ0n) is 44.2. The Kier molecular flexibility index (Phi) is 8.14. The van der Waals surface area contributed by atoms with Crippen LogP contribution < -0.4 is 19.1 Å². The average molecular weight is 1010 g/mol. The number of fused-ring (bicyclic) bond motifs is 4. The molecule has 0 saturated carbocycles. The van der Waals surface area contributed by atoms with Gasteiger partial charge in [0.1, 0.15) is 11.3 Å². The molecule has 0 N–H and O–H groups in total. The largest absolute Gasteiger partial charge is 0.522 e. The van der Waals surface area contributed by atoms with Gasteiger partial charge in [0, 0.05) is 83.2 Å². The van der Waals surface area contributed by atoms with Gasteiger partial charge in [-0.3, -0.25) is 14.1 Å². The summed E-state index contributed by atoms with van der Waals surface area (Å²) in [6.07, 6.45) is 10.4. The van der Waals surface area contributed by atoms with Gasteiger partial charge < -0.3 is 19.1 Å². The van der Waals surface area contributed by atoms with E-state index in [1.54, 1.807) is 39.6 Å². The van der Waals surface area contributed by atoms with Crippen LogP contribution in [0.5, 0.6) is 11.5 Å². The first-order valence-electron chi connectivity index (χ1n) is 25.4. The fourth-order valence-corrected chi connectivity index (χ4v) is 8.48. The van der Waals surface area contributed by atoms with E-state index in [1.165, 1.54) is 6.42 Å². The molecule has 1 aliphatic heterocycles. The van der Waals surface area contributed by atoms with Gasteiger partial charge in [-0.15, -0.1) is 17.5 Å². The van der Waals surface area contributed by atoms with Crippen LogP contribution in [-0.4, -0.2) is 46.3 Å². The Bertz CT molecular complexity index is 3710. The van der Waals surface area contributed by atoms with Gasteiger partial charge in [0.25, 0.3) is 6.33 Å². The number of hydrogen-bond acceptors (Lipinski definition) is 5. The van der Waals surface area contributed by atoms with Crippen molar-refractivity contribution >= 4 is 44.2 Å². The number of benzene rings is 6. The van der Waals surface area contributed by atoms with E-state index in [4.69, 9.17) is 28.4 Å². The van der Waals surface area contributed by atoms with Gasteiger partial charge in [-0.1, -0.05) is 121 Å². The van der Waals surface area contributed by atoms with Crippen molar-refractivity contribution in [2.24, 2.45) is 0 Å². The number of aromatic nitrogens is 5. The van der Waals surface area contributed by atoms with Gasteiger partial charge in [0.05, 0.1) is 30.7 Å². The van der Waals surface area contributed by atoms with E-state index in [-0.39, 0.29) is 54.8 Å². The molecule has 0 aliphatic carbocycles. The summed E-state index contributed by atoms with van der Waals surface area (Å²) in [5.74, 6) is 1.71. The van der Waals surface area contributed by atoms with Crippen molar-refractivity contribution in [1.29, 1.82) is 0 Å². The molecule has 1 fully saturated rings. The third-order valence-electron chi connectivity index (χ3n) is 11.3. The summed E-state index contributed by atoms with van der Waals surface area (Å²) in [5, 5.41) is 2.02. The molecule has 0 bridgehead atoms. The van der Waals surface area contributed by atoms with Gasteiger partial charge in [-0.05, 0) is 70.9 Å². The van der Waals surface area contributed by atoms with E-state index in [0.717, 1.165) is 59.2 Å². The first kappa shape index (κ1) is 30.1. The first-order valence-corrected chi connectivity index (χ1v) is 20.4. The Labute approximate surface area is 395 Å². The van der Waals surface area contributed by atoms with Crippen molar-refractivity contribution in [1.82, 2.24) is 19.1 Å². The monoisotopic (exact) mass is 1010 g/mol. The Morgan fingerprint density at radius 2 is 1.37 bits per heavy atom. The van der Waals surface area contributed by atoms with E-state index in [0.29, 0.717) is 28.2 Å². The molecule has 1 saturated heterocycles. The molecule has 9 heteroatoms. The van der Waals surface area contributed by atoms with E-state index < -0.39 is 60.4 Å². The zero-order valence-corrected chi connectivity index (χ0v) is 36.5. The molecule has 6 aromatic carbocycles. The number of piperidine rings is 1. The molecule has 0 unspecified atom stereocenters. The van der Waals surface area contributed by atoms with Crippen molar-refractivity contribution < 1.29 is 44.1 Å². The predicted molar refractivity (Wildman–Crippen MR) is 249 cm³/mol. The average Bonchev–Trinajstić information content (AvgIpc) is 3.95. The van der Waals surface area contributed by atoms with E-state index in [2.05, 4.69) is 52.2 Å². The number of ether oxygens (including phenoxy) is 1. The maximum absolute atomic E-state index is 9.09. The van der Waals surface area contributed by atoms with Gasteiger partial charge in [-0.2, -0.15) is 18.2 Å². The van der Waals surface area contributed by atoms with Crippen LogP contribution in [0.25, 0.3) is 72.4 Å². The molecule has 0 spiro atoms. The van der Waals surface area contributed by atoms with E-state index >= 15 is 0 Å². The fourth-order valence-electron chi connectivity index (χ4n) is 8.48. The number of hydrogen-bond donors (Lipinski definition) is 0. The molecule has 1 aliphatic rings. The van der Waals surface area contributed by atoms with Crippen molar-refractivity contribution in [2.45, 2.75) is 19.3 Å². The summed E-state index contributed by atoms with van der Waals surface area (Å²) < 4.78 is 99.6. The molecule has 10 aromatic rings. The molecule has 8 nitrogen and oxygen atoms in total. The first-order chi connectivity index (χ1) is 34.7. The third-order valence-corrected chi connectivity index (χ3v) is 11.3. The third kappa shape index (κ3) is 7.34. The molecular weight excluding hydrogens is 958 g/mol. The summed E-state index contributed by atoms with van der Waals surface area (Å²) in [7, 11) is 3.70. The number of anilines is 2. The van der Waals surface area contributed by atoms with Gasteiger partial charge >= 0.3 is 0 Å². The predicted octanol–water partition coefficient (Wildman–Crippen LogP) is 11.4. The number of nitrogens with zero attached hydrogens (tertiary/aromatic N) is 7. The van der Waals surface area contributed by atoms with Crippen LogP contribution in [0.1, 0.15) is 33.0 Å². The maximum Gasteiger partial charge on any atom is 0.269 e. The van der Waals surface area contributed by atoms with Crippen LogP contribution in [0.4, 0.5) is 11.4 Å². The summed E-state index contributed by atoms with van der Waals surface area (Å²) in [5.41, 5.74) is 4.63. The second kappa shape index (κ2) is 17.0. The van der Waals surface area contributed by atoms with E-state index in [9.17, 15) is 0 Å². The summed E-state index contributed by atoms with van der Waals surface area (Å²) in [6.45, 7) is 2.00. The smallest absolute Gasteiger partial charge is 0.269 e. The van der Waals surface area contributed by atoms with Crippen molar-refractivity contribution in [3.05, 3.63) is 182 Å². The molecule has 11 rings (SSSR count). The van der Waals surface area contributed by atoms with Gasteiger partial charge in [0.15, 0.2) is 0 Å². The van der Waals surface area contributed by atoms with Gasteiger partial charge in [-0.25, -0.2) is 4.98 Å². The van der Waals surface area contributed by atoms with Crippen LogP contribution in [0.3, 0.4) is 0 Å². The van der Waals surface area contributed by atoms with Crippen LogP contribution >= 0.6 is 0 Å². The minimum atomic E-state index is -0.582. The Morgan fingerprint density at radius 1 is 0.683 bits per heavy atom. The van der Waals surface area contributed by atoms with Crippen LogP contribution in [0.2, 0.25) is 0 Å². The Morgan fingerprint density at radius 3 is 2.11 bits per heavy atom. The SMILES string of the molecule is [2H]c1c([2H])c([2H])c(-c2cccc(-c3c([2H])c([2H])c([2H])c([2H])c3[2H])c2-[n+]2[c-]n(-c3[c-]c(Oc4[c-]c5c(cc4)c4ccccc4n5-c4cc(N5CCCCC5)ccn4)ccn3)c3cccc(N(C)C)c32)c([2H])c1[2H].[Pt]. The fraction of sp³-hybridized carbons (Fsp3) is 0.130. The van der Waals surface area contributed by atoms with Crippen molar-refractivity contribution in [2.75, 3.05) is 37.0 Å². The van der Waals surface area contributed by atoms with Gasteiger partial charge in [0.2, 0.25) is 0 Å². The molecule has 0 atom stereocenters. The van der Waals surface area contributed by atoms with Crippen LogP contribution in [-0.2, 0) is 21.1 Å². The minimum Gasteiger partial charge on any atom is -0.522 e. The van der Waals surface area contributed by atoms with E-state index in [1.807, 2.05) is 67.7 Å². The Hall–Kier alpha value is -7.02. The molecule has 5 heterocycles. The number of pyridine rings is 2. The molecule has 4 aromatic heterocycles. The van der Waals surface area contributed by atoms with Crippen molar-refractivity contribution in [3.63, 3.8) is 0 Å². The number of rotatable bonds is 9. The molecule has 0 radical (unpaired) electrons. The normalized spacial score (nSPS) is 15.0.